The average molecular weight is 544 g/mol. The number of hydrogen-bond donors (Lipinski definition) is 1. The van der Waals surface area contributed by atoms with Gasteiger partial charge in [-0.3, -0.25) is 13.9 Å². The number of nitrogens with one attached hydrogen (secondary N) is 1. The van der Waals surface area contributed by atoms with Gasteiger partial charge >= 0.3 is 0 Å². The molecule has 1 aliphatic rings. The van der Waals surface area contributed by atoms with Crippen molar-refractivity contribution in [1.82, 2.24) is 10.2 Å². The first-order chi connectivity index (χ1) is 16.6. The molecule has 12 heteroatoms. The van der Waals surface area contributed by atoms with Crippen LogP contribution in [0.4, 0.5) is 5.69 Å². The molecule has 2 aromatic rings. The number of likely N-dealkylation sites (N-methyl/N-ethyl adjacent to an activating group) is 1. The summed E-state index contributed by atoms with van der Waals surface area (Å²) in [5.74, 6) is -0.309. The summed E-state index contributed by atoms with van der Waals surface area (Å²) in [4.78, 5) is 27.6. The van der Waals surface area contributed by atoms with Crippen LogP contribution in [0.25, 0.3) is 0 Å². The van der Waals surface area contributed by atoms with Gasteiger partial charge in [0.15, 0.2) is 11.5 Å². The number of sulfonamides is 1. The van der Waals surface area contributed by atoms with Crippen molar-refractivity contribution in [3.05, 3.63) is 52.0 Å². The molecule has 0 bridgehead atoms. The highest BCUT2D eigenvalue weighted by molar-refractivity contribution is 7.92. The lowest BCUT2D eigenvalue weighted by molar-refractivity contribution is -0.140. The molecule has 0 unspecified atom stereocenters. The smallest absolute Gasteiger partial charge is 0.244 e. The minimum absolute atomic E-state index is 0.0120. The summed E-state index contributed by atoms with van der Waals surface area (Å²) >= 11 is 12.3. The topological polar surface area (TPSA) is 105 Å². The Labute approximate surface area is 214 Å². The van der Waals surface area contributed by atoms with Gasteiger partial charge in [0.05, 0.1) is 11.4 Å². The molecule has 0 aromatic heterocycles. The second-order valence-corrected chi connectivity index (χ2v) is 10.8. The van der Waals surface area contributed by atoms with E-state index in [1.807, 2.05) is 0 Å². The number of fused-ring (bicyclic) bond motifs is 1. The number of amides is 2. The first kappa shape index (κ1) is 26.9. The van der Waals surface area contributed by atoms with E-state index in [4.69, 9.17) is 32.7 Å². The summed E-state index contributed by atoms with van der Waals surface area (Å²) in [6, 6.07) is 8.64. The Morgan fingerprint density at radius 1 is 1.09 bits per heavy atom. The van der Waals surface area contributed by atoms with Crippen molar-refractivity contribution in [2.24, 2.45) is 0 Å². The molecule has 0 aliphatic carbocycles. The fraction of sp³-hybridized carbons (Fsp3) is 0.391. The maximum atomic E-state index is 13.6. The van der Waals surface area contributed by atoms with Crippen molar-refractivity contribution >= 4 is 50.7 Å². The molecular weight excluding hydrogens is 517 g/mol. The monoisotopic (exact) mass is 543 g/mol. The summed E-state index contributed by atoms with van der Waals surface area (Å²) in [5, 5.41) is 3.32. The Morgan fingerprint density at radius 3 is 2.43 bits per heavy atom. The highest BCUT2D eigenvalue weighted by Crippen LogP contribution is 2.36. The predicted molar refractivity (Wildman–Crippen MR) is 135 cm³/mol. The third-order valence-electron chi connectivity index (χ3n) is 5.61. The molecular formula is C23H27Cl2N3O6S. The van der Waals surface area contributed by atoms with Gasteiger partial charge in [-0.05, 0) is 43.2 Å². The molecule has 3 rings (SSSR count). The number of hydrogen-bond acceptors (Lipinski definition) is 6. The van der Waals surface area contributed by atoms with E-state index in [0.29, 0.717) is 33.5 Å². The fourth-order valence-electron chi connectivity index (χ4n) is 3.68. The predicted octanol–water partition coefficient (Wildman–Crippen LogP) is 3.43. The van der Waals surface area contributed by atoms with Gasteiger partial charge in [0, 0.05) is 29.7 Å². The average Bonchev–Trinajstić information content (AvgIpc) is 3.31. The van der Waals surface area contributed by atoms with Crippen molar-refractivity contribution in [1.29, 1.82) is 0 Å². The van der Waals surface area contributed by atoms with E-state index in [1.54, 1.807) is 37.3 Å². The van der Waals surface area contributed by atoms with Crippen LogP contribution < -0.4 is 19.1 Å². The molecule has 35 heavy (non-hydrogen) atoms. The zero-order valence-corrected chi connectivity index (χ0v) is 21.9. The van der Waals surface area contributed by atoms with Crippen molar-refractivity contribution in [2.75, 3.05) is 30.4 Å². The van der Waals surface area contributed by atoms with Crippen molar-refractivity contribution in [3.63, 3.8) is 0 Å². The third kappa shape index (κ3) is 6.12. The van der Waals surface area contributed by atoms with Gasteiger partial charge in [-0.2, -0.15) is 0 Å². The summed E-state index contributed by atoms with van der Waals surface area (Å²) < 4.78 is 37.7. The van der Waals surface area contributed by atoms with E-state index in [9.17, 15) is 18.0 Å². The standard InChI is InChI=1S/C23H27Cl2N3O6S/c1-4-19(23(30)26-3)27(12-15-6-7-16(24)10-18(15)25)22(29)13-28(35(31,32)5-2)17-8-9-20-21(11-17)34-14-33-20/h6-11,19H,4-5,12-14H2,1-3H3,(H,26,30)/t19-/m0/s1. The Morgan fingerprint density at radius 2 is 1.80 bits per heavy atom. The molecule has 190 valence electrons. The molecule has 1 N–H and O–H groups in total. The van der Waals surface area contributed by atoms with E-state index in [2.05, 4.69) is 5.32 Å². The highest BCUT2D eigenvalue weighted by atomic mass is 35.5. The van der Waals surface area contributed by atoms with E-state index in [-0.39, 0.29) is 30.7 Å². The SMILES string of the molecule is CC[C@@H](C(=O)NC)N(Cc1ccc(Cl)cc1Cl)C(=O)CN(c1ccc2c(c1)OCO2)S(=O)(=O)CC. The number of benzene rings is 2. The van der Waals surface area contributed by atoms with Gasteiger partial charge in [0.2, 0.25) is 28.6 Å². The summed E-state index contributed by atoms with van der Waals surface area (Å²) in [6.07, 6.45) is 0.307. The number of nitrogens with zero attached hydrogens (tertiary/aromatic N) is 2. The largest absolute Gasteiger partial charge is 0.454 e. The molecule has 1 heterocycles. The first-order valence-corrected chi connectivity index (χ1v) is 13.3. The molecule has 0 saturated heterocycles. The van der Waals surface area contributed by atoms with E-state index >= 15 is 0 Å². The van der Waals surface area contributed by atoms with Crippen LogP contribution in [0, 0.1) is 0 Å². The maximum absolute atomic E-state index is 13.6. The zero-order chi connectivity index (χ0) is 25.8. The van der Waals surface area contributed by atoms with Crippen LogP contribution in [0.1, 0.15) is 25.8 Å². The second-order valence-electron chi connectivity index (χ2n) is 7.74. The van der Waals surface area contributed by atoms with Crippen molar-refractivity contribution in [3.8, 4) is 11.5 Å². The van der Waals surface area contributed by atoms with Gasteiger partial charge in [-0.25, -0.2) is 8.42 Å². The van der Waals surface area contributed by atoms with Crippen LogP contribution in [0.5, 0.6) is 11.5 Å². The van der Waals surface area contributed by atoms with Gasteiger partial charge < -0.3 is 19.7 Å². The first-order valence-electron chi connectivity index (χ1n) is 11.0. The third-order valence-corrected chi connectivity index (χ3v) is 7.94. The molecule has 1 aliphatic heterocycles. The Bertz CT molecular complexity index is 1210. The molecule has 0 spiro atoms. The van der Waals surface area contributed by atoms with Crippen LogP contribution >= 0.6 is 23.2 Å². The molecule has 9 nitrogen and oxygen atoms in total. The van der Waals surface area contributed by atoms with Gasteiger partial charge in [0.1, 0.15) is 12.6 Å². The summed E-state index contributed by atoms with van der Waals surface area (Å²) in [5.41, 5.74) is 0.821. The van der Waals surface area contributed by atoms with E-state index in [1.165, 1.54) is 24.9 Å². The van der Waals surface area contributed by atoms with Gasteiger partial charge in [-0.15, -0.1) is 0 Å². The van der Waals surface area contributed by atoms with Crippen molar-refractivity contribution < 1.29 is 27.5 Å². The second kappa shape index (κ2) is 11.4. The van der Waals surface area contributed by atoms with Crippen molar-refractivity contribution in [2.45, 2.75) is 32.9 Å². The highest BCUT2D eigenvalue weighted by Gasteiger charge is 2.33. The van der Waals surface area contributed by atoms with Crippen LogP contribution in [0.2, 0.25) is 10.0 Å². The lowest BCUT2D eigenvalue weighted by atomic mass is 10.1. The summed E-state index contributed by atoms with van der Waals surface area (Å²) in [7, 11) is -2.38. The zero-order valence-electron chi connectivity index (χ0n) is 19.6. The Balaban J connectivity index is 1.99. The number of carbonyl (C=O) groups excluding carboxylic acids is 2. The molecule has 0 radical (unpaired) electrons. The van der Waals surface area contributed by atoms with Crippen LogP contribution in [0.15, 0.2) is 36.4 Å². The van der Waals surface area contributed by atoms with Crippen LogP contribution in [0.3, 0.4) is 0 Å². The minimum atomic E-state index is -3.86. The number of anilines is 1. The van der Waals surface area contributed by atoms with Gasteiger partial charge in [-0.1, -0.05) is 36.2 Å². The quantitative estimate of drug-likeness (QED) is 0.492. The molecule has 2 aromatic carbocycles. The molecule has 2 amide bonds. The lowest BCUT2D eigenvalue weighted by Gasteiger charge is -2.33. The fourth-order valence-corrected chi connectivity index (χ4v) is 5.20. The maximum Gasteiger partial charge on any atom is 0.244 e. The molecule has 0 saturated carbocycles. The number of rotatable bonds is 10. The normalized spacial score (nSPS) is 13.3. The van der Waals surface area contributed by atoms with E-state index < -0.39 is 28.5 Å². The molecule has 0 fully saturated rings. The number of carbonyl (C=O) groups is 2. The Kier molecular flexibility index (Phi) is 8.74. The summed E-state index contributed by atoms with van der Waals surface area (Å²) in [6.45, 7) is 2.75. The van der Waals surface area contributed by atoms with Crippen LogP contribution in [-0.4, -0.2) is 57.3 Å². The number of ether oxygens (including phenoxy) is 2. The van der Waals surface area contributed by atoms with Gasteiger partial charge in [0.25, 0.3) is 0 Å². The minimum Gasteiger partial charge on any atom is -0.454 e. The lowest BCUT2D eigenvalue weighted by Crippen LogP contribution is -2.52. The van der Waals surface area contributed by atoms with E-state index in [0.717, 1.165) is 4.31 Å². The van der Waals surface area contributed by atoms with Crippen LogP contribution in [-0.2, 0) is 26.2 Å². The Hall–Kier alpha value is -2.69. The number of halogens is 2. The molecule has 1 atom stereocenters.